The van der Waals surface area contributed by atoms with Gasteiger partial charge in [0, 0.05) is 104 Å². The van der Waals surface area contributed by atoms with Gasteiger partial charge in [0.05, 0.1) is 28.5 Å². The lowest BCUT2D eigenvalue weighted by atomic mass is 9.99. The van der Waals surface area contributed by atoms with Gasteiger partial charge in [-0.25, -0.2) is 4.98 Å². The van der Waals surface area contributed by atoms with Crippen LogP contribution in [-0.4, -0.2) is 58.6 Å². The van der Waals surface area contributed by atoms with Gasteiger partial charge in [0.1, 0.15) is 11.4 Å². The predicted molar refractivity (Wildman–Crippen MR) is 197 cm³/mol. The minimum absolute atomic E-state index is 0.107. The third kappa shape index (κ3) is 7.07. The Labute approximate surface area is 300 Å². The molecule has 5 aromatic rings. The van der Waals surface area contributed by atoms with Gasteiger partial charge < -0.3 is 30.6 Å². The number of nitrogens with one attached hydrogen (secondary N) is 4. The molecule has 0 bridgehead atoms. The number of benzene rings is 2. The Morgan fingerprint density at radius 1 is 0.860 bits per heavy atom. The molecule has 2 aliphatic heterocycles. The number of aryl methyl sites for hydroxylation is 1. The number of pyridine rings is 2. The summed E-state index contributed by atoms with van der Waals surface area (Å²) < 4.78 is 7.77. The molecule has 0 saturated carbocycles. The summed E-state index contributed by atoms with van der Waals surface area (Å²) in [7, 11) is 3.64. The van der Waals surface area contributed by atoms with Crippen molar-refractivity contribution < 1.29 is 14.3 Å². The molecule has 2 aliphatic rings. The molecule has 4 N–H and O–H groups in total. The second kappa shape index (κ2) is 14.8. The highest BCUT2D eigenvalue weighted by atomic mass is 35.5. The molecule has 2 aromatic carbocycles. The molecule has 3 aromatic heterocycles. The van der Waals surface area contributed by atoms with Gasteiger partial charge >= 0.3 is 0 Å². The van der Waals surface area contributed by atoms with E-state index in [0.29, 0.717) is 48.2 Å². The van der Waals surface area contributed by atoms with Crippen molar-refractivity contribution in [3.63, 3.8) is 0 Å². The molecule has 2 atom stereocenters. The molecule has 2 fully saturated rings. The van der Waals surface area contributed by atoms with Crippen LogP contribution in [0.1, 0.15) is 36.8 Å². The van der Waals surface area contributed by atoms with Crippen LogP contribution in [0.25, 0.3) is 44.7 Å². The smallest absolute Gasteiger partial charge is 0.220 e. The molecule has 2 saturated heterocycles. The number of aromatic nitrogens is 3. The van der Waals surface area contributed by atoms with E-state index in [1.807, 2.05) is 60.1 Å². The van der Waals surface area contributed by atoms with Crippen molar-refractivity contribution in [1.82, 2.24) is 35.8 Å². The van der Waals surface area contributed by atoms with Crippen LogP contribution in [0.15, 0.2) is 67.0 Å². The summed E-state index contributed by atoms with van der Waals surface area (Å²) in [6, 6.07) is 18.1. The number of halogens is 2. The van der Waals surface area contributed by atoms with E-state index < -0.39 is 0 Å². The maximum Gasteiger partial charge on any atom is 0.220 e. The van der Waals surface area contributed by atoms with Gasteiger partial charge in [0.25, 0.3) is 0 Å². The second-order valence-electron chi connectivity index (χ2n) is 12.9. The SMILES string of the molecule is COc1cc(-c2nccc(-c3cccc(-c4ccc5c(CNC[C@H]6CCC(=O)N6)cn(C)c5n4)c3Cl)c2Cl)ccc1CNC[C@@H]1CCC(=O)N1. The van der Waals surface area contributed by atoms with E-state index >= 15 is 0 Å². The number of ether oxygens (including phenoxy) is 1. The third-order valence-electron chi connectivity index (χ3n) is 9.50. The largest absolute Gasteiger partial charge is 0.496 e. The Morgan fingerprint density at radius 2 is 1.54 bits per heavy atom. The number of methoxy groups -OCH3 is 1. The van der Waals surface area contributed by atoms with Gasteiger partial charge in [-0.3, -0.25) is 14.6 Å². The van der Waals surface area contributed by atoms with Crippen molar-refractivity contribution in [1.29, 1.82) is 0 Å². The van der Waals surface area contributed by atoms with Crippen molar-refractivity contribution in [3.05, 3.63) is 88.2 Å². The van der Waals surface area contributed by atoms with Crippen LogP contribution in [0, 0.1) is 0 Å². The minimum Gasteiger partial charge on any atom is -0.496 e. The molecule has 0 spiro atoms. The number of hydrogen-bond acceptors (Lipinski definition) is 7. The summed E-state index contributed by atoms with van der Waals surface area (Å²) >= 11 is 14.2. The zero-order valence-electron chi connectivity index (χ0n) is 28.0. The first-order valence-corrected chi connectivity index (χ1v) is 17.6. The molecular formula is C38H39Cl2N7O3. The lowest BCUT2D eigenvalue weighted by Gasteiger charge is -2.16. The Bertz CT molecular complexity index is 2080. The van der Waals surface area contributed by atoms with Crippen molar-refractivity contribution in [2.75, 3.05) is 20.2 Å². The van der Waals surface area contributed by atoms with Crippen LogP contribution in [0.4, 0.5) is 0 Å². The monoisotopic (exact) mass is 711 g/mol. The topological polar surface area (TPSA) is 122 Å². The molecule has 0 radical (unpaired) electrons. The number of carbonyl (C=O) groups is 2. The van der Waals surface area contributed by atoms with Crippen LogP contribution in [0.5, 0.6) is 5.75 Å². The highest BCUT2D eigenvalue weighted by molar-refractivity contribution is 6.39. The van der Waals surface area contributed by atoms with Gasteiger partial charge in [-0.2, -0.15) is 0 Å². The van der Waals surface area contributed by atoms with Gasteiger partial charge in [-0.1, -0.05) is 53.5 Å². The Morgan fingerprint density at radius 3 is 2.22 bits per heavy atom. The van der Waals surface area contributed by atoms with Crippen LogP contribution in [0.2, 0.25) is 10.0 Å². The first-order chi connectivity index (χ1) is 24.3. The molecule has 10 nitrogen and oxygen atoms in total. The van der Waals surface area contributed by atoms with Crippen molar-refractivity contribution in [3.8, 4) is 39.4 Å². The molecule has 7 rings (SSSR count). The molecule has 0 unspecified atom stereocenters. The van der Waals surface area contributed by atoms with Crippen molar-refractivity contribution in [2.45, 2.75) is 50.9 Å². The number of amides is 2. The molecule has 5 heterocycles. The van der Waals surface area contributed by atoms with E-state index in [2.05, 4.69) is 38.5 Å². The maximum atomic E-state index is 11.5. The third-order valence-corrected chi connectivity index (χ3v) is 10.3. The summed E-state index contributed by atoms with van der Waals surface area (Å²) in [4.78, 5) is 32.7. The first kappa shape index (κ1) is 34.0. The van der Waals surface area contributed by atoms with Crippen molar-refractivity contribution >= 4 is 46.0 Å². The molecule has 0 aliphatic carbocycles. The fraction of sp³-hybridized carbons (Fsp3) is 0.316. The van der Waals surface area contributed by atoms with Crippen LogP contribution >= 0.6 is 23.2 Å². The van der Waals surface area contributed by atoms with E-state index in [9.17, 15) is 9.59 Å². The molecule has 258 valence electrons. The number of rotatable bonds is 12. The van der Waals surface area contributed by atoms with E-state index in [1.165, 1.54) is 0 Å². The van der Waals surface area contributed by atoms with E-state index in [0.717, 1.165) is 75.2 Å². The number of carbonyl (C=O) groups excluding carboxylic acids is 2. The Balaban J connectivity index is 1.11. The van der Waals surface area contributed by atoms with Gasteiger partial charge in [-0.05, 0) is 42.7 Å². The summed E-state index contributed by atoms with van der Waals surface area (Å²) in [5, 5.41) is 15.0. The quantitative estimate of drug-likeness (QED) is 0.125. The Kier molecular flexibility index (Phi) is 10.1. The summed E-state index contributed by atoms with van der Waals surface area (Å²) in [6.07, 6.45) is 6.71. The zero-order chi connectivity index (χ0) is 34.8. The fourth-order valence-electron chi connectivity index (χ4n) is 6.87. The van der Waals surface area contributed by atoms with Gasteiger partial charge in [0.15, 0.2) is 0 Å². The average Bonchev–Trinajstić information content (AvgIpc) is 3.83. The molecular weight excluding hydrogens is 673 g/mol. The summed E-state index contributed by atoms with van der Waals surface area (Å²) in [6.45, 7) is 2.70. The second-order valence-corrected chi connectivity index (χ2v) is 13.7. The predicted octanol–water partition coefficient (Wildman–Crippen LogP) is 6.02. The van der Waals surface area contributed by atoms with Crippen LogP contribution < -0.4 is 26.0 Å². The van der Waals surface area contributed by atoms with E-state index in [-0.39, 0.29) is 23.9 Å². The Hall–Kier alpha value is -4.48. The van der Waals surface area contributed by atoms with Crippen LogP contribution in [0.3, 0.4) is 0 Å². The maximum absolute atomic E-state index is 11.5. The van der Waals surface area contributed by atoms with Crippen molar-refractivity contribution in [2.24, 2.45) is 7.05 Å². The lowest BCUT2D eigenvalue weighted by Crippen LogP contribution is -2.35. The van der Waals surface area contributed by atoms with Crippen LogP contribution in [-0.2, 0) is 29.7 Å². The van der Waals surface area contributed by atoms with E-state index in [1.54, 1.807) is 13.3 Å². The molecule has 50 heavy (non-hydrogen) atoms. The standard InChI is InChI=1S/C38H39Cl2N7O3/c1-47-21-24(18-42-20-26-9-13-34(49)45-26)27-10-11-31(46-38(27)47)30-5-3-4-28(35(30)39)29-14-15-43-37(36(29)40)22-6-7-23(32(16-22)50-2)17-41-19-25-8-12-33(48)44-25/h3-7,10-11,14-16,21,25-26,41-42H,8-9,12-13,17-20H2,1-2H3,(H,44,48)(H,45,49)/t25-,26+/m0/s1. The first-order valence-electron chi connectivity index (χ1n) is 16.8. The lowest BCUT2D eigenvalue weighted by molar-refractivity contribution is -0.120. The fourth-order valence-corrected chi connectivity index (χ4v) is 7.52. The zero-order valence-corrected chi connectivity index (χ0v) is 29.5. The van der Waals surface area contributed by atoms with E-state index in [4.69, 9.17) is 32.9 Å². The summed E-state index contributed by atoms with van der Waals surface area (Å²) in [5.41, 5.74) is 7.54. The minimum atomic E-state index is 0.107. The molecule has 12 heteroatoms. The number of nitrogens with zero attached hydrogens (tertiary/aromatic N) is 3. The number of hydrogen-bond donors (Lipinski definition) is 4. The highest BCUT2D eigenvalue weighted by Crippen LogP contribution is 2.42. The molecule has 2 amide bonds. The summed E-state index contributed by atoms with van der Waals surface area (Å²) in [5.74, 6) is 0.949. The van der Waals surface area contributed by atoms with Gasteiger partial charge in [-0.15, -0.1) is 0 Å². The van der Waals surface area contributed by atoms with Gasteiger partial charge in [0.2, 0.25) is 11.8 Å². The normalized spacial score (nSPS) is 17.4. The highest BCUT2D eigenvalue weighted by Gasteiger charge is 2.22. The number of fused-ring (bicyclic) bond motifs is 1. The average molecular weight is 713 g/mol.